The second-order valence-electron chi connectivity index (χ2n) is 3.68. The molecule has 0 saturated heterocycles. The lowest BCUT2D eigenvalue weighted by molar-refractivity contribution is 0.112. The molecule has 0 aromatic carbocycles. The van der Waals surface area contributed by atoms with Gasteiger partial charge in [-0.2, -0.15) is 0 Å². The van der Waals surface area contributed by atoms with Crippen molar-refractivity contribution in [3.05, 3.63) is 33.1 Å². The number of rotatable bonds is 4. The molecule has 0 bridgehead atoms. The number of thiazole rings is 1. The van der Waals surface area contributed by atoms with E-state index >= 15 is 0 Å². The van der Waals surface area contributed by atoms with E-state index in [1.807, 2.05) is 12.3 Å². The molecule has 2 heterocycles. The van der Waals surface area contributed by atoms with Gasteiger partial charge >= 0.3 is 0 Å². The zero-order valence-corrected chi connectivity index (χ0v) is 11.4. The molecule has 7 heteroatoms. The first-order valence-electron chi connectivity index (χ1n) is 5.27. The average Bonchev–Trinajstić information content (AvgIpc) is 2.81. The van der Waals surface area contributed by atoms with Crippen LogP contribution in [0.15, 0.2) is 11.6 Å². The van der Waals surface area contributed by atoms with Crippen LogP contribution in [0.3, 0.4) is 0 Å². The van der Waals surface area contributed by atoms with Crippen LogP contribution in [0.1, 0.15) is 34.2 Å². The third kappa shape index (κ3) is 2.65. The van der Waals surface area contributed by atoms with Crippen molar-refractivity contribution in [1.29, 1.82) is 0 Å². The first-order chi connectivity index (χ1) is 8.61. The van der Waals surface area contributed by atoms with E-state index in [2.05, 4.69) is 20.3 Å². The first kappa shape index (κ1) is 12.9. The first-order valence-corrected chi connectivity index (χ1v) is 6.53. The quantitative estimate of drug-likeness (QED) is 0.690. The van der Waals surface area contributed by atoms with Crippen LogP contribution in [0.2, 0.25) is 5.15 Å². The van der Waals surface area contributed by atoms with Gasteiger partial charge in [0, 0.05) is 11.6 Å². The second-order valence-corrected chi connectivity index (χ2v) is 4.96. The Hall–Kier alpha value is -1.53. The molecule has 2 aromatic heterocycles. The highest BCUT2D eigenvalue weighted by Gasteiger charge is 2.15. The van der Waals surface area contributed by atoms with E-state index in [4.69, 9.17) is 11.6 Å². The highest BCUT2D eigenvalue weighted by molar-refractivity contribution is 7.09. The van der Waals surface area contributed by atoms with Gasteiger partial charge in [-0.25, -0.2) is 15.0 Å². The highest BCUT2D eigenvalue weighted by Crippen LogP contribution is 2.24. The van der Waals surface area contributed by atoms with Gasteiger partial charge in [-0.05, 0) is 13.8 Å². The largest absolute Gasteiger partial charge is 0.360 e. The van der Waals surface area contributed by atoms with Gasteiger partial charge in [-0.1, -0.05) is 11.6 Å². The van der Waals surface area contributed by atoms with Gasteiger partial charge in [0.05, 0.1) is 11.6 Å². The van der Waals surface area contributed by atoms with Crippen LogP contribution < -0.4 is 5.32 Å². The Balaban J connectivity index is 2.31. The van der Waals surface area contributed by atoms with Crippen LogP contribution in [0.4, 0.5) is 5.82 Å². The number of aldehydes is 1. The number of nitrogens with zero attached hydrogens (tertiary/aromatic N) is 3. The predicted molar refractivity (Wildman–Crippen MR) is 71.3 cm³/mol. The Labute approximate surface area is 113 Å². The lowest BCUT2D eigenvalue weighted by atomic mass is 10.3. The minimum absolute atomic E-state index is 0.0472. The minimum atomic E-state index is -0.0472. The standard InChI is InChI=1S/C11H11ClN4OS/c1-6(11-13-3-4-18-11)14-10-8(5-17)9(12)15-7(2)16-10/h3-6H,1-2H3,(H,14,15,16). The molecule has 0 aliphatic rings. The van der Waals surface area contributed by atoms with E-state index in [1.54, 1.807) is 13.1 Å². The summed E-state index contributed by atoms with van der Waals surface area (Å²) >= 11 is 7.44. The molecule has 0 fully saturated rings. The molecule has 0 aliphatic carbocycles. The molecule has 1 N–H and O–H groups in total. The maximum Gasteiger partial charge on any atom is 0.156 e. The van der Waals surface area contributed by atoms with Gasteiger partial charge in [-0.3, -0.25) is 4.79 Å². The predicted octanol–water partition coefficient (Wildman–Crippen LogP) is 2.88. The molecule has 18 heavy (non-hydrogen) atoms. The summed E-state index contributed by atoms with van der Waals surface area (Å²) in [6.45, 7) is 3.67. The van der Waals surface area contributed by atoms with Gasteiger partial charge in [0.15, 0.2) is 6.29 Å². The van der Waals surface area contributed by atoms with E-state index < -0.39 is 0 Å². The Morgan fingerprint density at radius 3 is 2.89 bits per heavy atom. The number of anilines is 1. The average molecular weight is 283 g/mol. The molecule has 0 spiro atoms. The number of halogens is 1. The molecule has 0 aliphatic heterocycles. The highest BCUT2D eigenvalue weighted by atomic mass is 35.5. The molecule has 0 amide bonds. The molecule has 1 atom stereocenters. The normalized spacial score (nSPS) is 12.2. The number of carbonyl (C=O) groups excluding carboxylic acids is 1. The lowest BCUT2D eigenvalue weighted by Gasteiger charge is -2.14. The van der Waals surface area contributed by atoms with E-state index in [0.717, 1.165) is 5.01 Å². The lowest BCUT2D eigenvalue weighted by Crippen LogP contribution is -2.11. The molecule has 2 aromatic rings. The van der Waals surface area contributed by atoms with Crippen LogP contribution >= 0.6 is 22.9 Å². The number of hydrogen-bond acceptors (Lipinski definition) is 6. The fourth-order valence-corrected chi connectivity index (χ4v) is 2.38. The smallest absolute Gasteiger partial charge is 0.156 e. The third-order valence-electron chi connectivity index (χ3n) is 2.30. The molecule has 2 rings (SSSR count). The Morgan fingerprint density at radius 2 is 2.28 bits per heavy atom. The fourth-order valence-electron chi connectivity index (χ4n) is 1.48. The molecule has 0 saturated carbocycles. The zero-order chi connectivity index (χ0) is 13.1. The third-order valence-corrected chi connectivity index (χ3v) is 3.55. The summed E-state index contributed by atoms with van der Waals surface area (Å²) in [7, 11) is 0. The molecule has 1 unspecified atom stereocenters. The van der Waals surface area contributed by atoms with Crippen molar-refractivity contribution in [3.8, 4) is 0 Å². The second kappa shape index (κ2) is 5.41. The zero-order valence-electron chi connectivity index (χ0n) is 9.85. The van der Waals surface area contributed by atoms with Crippen LogP contribution in [0.25, 0.3) is 0 Å². The van der Waals surface area contributed by atoms with Crippen molar-refractivity contribution < 1.29 is 4.79 Å². The summed E-state index contributed by atoms with van der Waals surface area (Å²) < 4.78 is 0. The van der Waals surface area contributed by atoms with Crippen molar-refractivity contribution in [2.75, 3.05) is 5.32 Å². The van der Waals surface area contributed by atoms with Crippen LogP contribution in [-0.2, 0) is 0 Å². The molecule has 0 radical (unpaired) electrons. The number of hydrogen-bond donors (Lipinski definition) is 1. The van der Waals surface area contributed by atoms with Gasteiger partial charge in [0.1, 0.15) is 21.8 Å². The van der Waals surface area contributed by atoms with Gasteiger partial charge in [-0.15, -0.1) is 11.3 Å². The van der Waals surface area contributed by atoms with Gasteiger partial charge in [0.25, 0.3) is 0 Å². The van der Waals surface area contributed by atoms with E-state index in [-0.39, 0.29) is 16.8 Å². The molecular formula is C11H11ClN4OS. The van der Waals surface area contributed by atoms with E-state index in [0.29, 0.717) is 17.9 Å². The fraction of sp³-hybridized carbons (Fsp3) is 0.273. The summed E-state index contributed by atoms with van der Waals surface area (Å²) in [5, 5.41) is 6.10. The minimum Gasteiger partial charge on any atom is -0.360 e. The van der Waals surface area contributed by atoms with E-state index in [9.17, 15) is 4.79 Å². The summed E-state index contributed by atoms with van der Waals surface area (Å²) in [5.74, 6) is 0.949. The molecular weight excluding hydrogens is 272 g/mol. The van der Waals surface area contributed by atoms with Crippen molar-refractivity contribution in [1.82, 2.24) is 15.0 Å². The molecule has 94 valence electrons. The van der Waals surface area contributed by atoms with Gasteiger partial charge in [0.2, 0.25) is 0 Å². The summed E-state index contributed by atoms with van der Waals surface area (Å²) in [5.41, 5.74) is 0.269. The maximum atomic E-state index is 11.0. The van der Waals surface area contributed by atoms with Crippen LogP contribution in [0, 0.1) is 6.92 Å². The van der Waals surface area contributed by atoms with Crippen LogP contribution in [-0.4, -0.2) is 21.2 Å². The van der Waals surface area contributed by atoms with E-state index in [1.165, 1.54) is 11.3 Å². The number of nitrogens with one attached hydrogen (secondary N) is 1. The monoisotopic (exact) mass is 282 g/mol. The van der Waals surface area contributed by atoms with Crippen molar-refractivity contribution in [2.24, 2.45) is 0 Å². The van der Waals surface area contributed by atoms with Crippen molar-refractivity contribution in [3.63, 3.8) is 0 Å². The Bertz CT molecular complexity index is 558. The summed E-state index contributed by atoms with van der Waals surface area (Å²) in [4.78, 5) is 23.4. The summed E-state index contributed by atoms with van der Waals surface area (Å²) in [6.07, 6.45) is 2.38. The Kier molecular flexibility index (Phi) is 3.88. The maximum absolute atomic E-state index is 11.0. The number of aryl methyl sites for hydroxylation is 1. The summed E-state index contributed by atoms with van der Waals surface area (Å²) in [6, 6.07) is -0.0472. The van der Waals surface area contributed by atoms with Crippen molar-refractivity contribution in [2.45, 2.75) is 19.9 Å². The molecule has 5 nitrogen and oxygen atoms in total. The van der Waals surface area contributed by atoms with Crippen molar-refractivity contribution >= 4 is 35.0 Å². The number of aromatic nitrogens is 3. The SMILES string of the molecule is Cc1nc(Cl)c(C=O)c(NC(C)c2nccs2)n1. The van der Waals surface area contributed by atoms with Gasteiger partial charge < -0.3 is 5.32 Å². The van der Waals surface area contributed by atoms with Crippen LogP contribution in [0.5, 0.6) is 0 Å². The number of carbonyl (C=O) groups is 1. The topological polar surface area (TPSA) is 67.8 Å². The Morgan fingerprint density at radius 1 is 1.50 bits per heavy atom.